The average molecular weight is 462 g/mol. The second-order valence-corrected chi connectivity index (χ2v) is 11.4. The smallest absolute Gasteiger partial charge is 0.243 e. The van der Waals surface area contributed by atoms with Crippen molar-refractivity contribution < 1.29 is 21.2 Å². The molecular weight excluding hydrogens is 441 g/mol. The topological polar surface area (TPSA) is 110 Å². The van der Waals surface area contributed by atoms with Crippen LogP contribution in [-0.4, -0.2) is 50.7 Å². The largest absolute Gasteiger partial charge is 0.384 e. The van der Waals surface area contributed by atoms with Gasteiger partial charge in [-0.1, -0.05) is 30.3 Å². The first-order valence-electron chi connectivity index (χ1n) is 9.49. The maximum Gasteiger partial charge on any atom is 0.243 e. The number of anilines is 1. The van der Waals surface area contributed by atoms with Gasteiger partial charge in [0.2, 0.25) is 10.0 Å². The second kappa shape index (κ2) is 8.03. The Labute approximate surface area is 180 Å². The van der Waals surface area contributed by atoms with Crippen LogP contribution in [0.5, 0.6) is 0 Å². The SMILES string of the molecule is Nc1ccc(-c2ccc(-c3ccccc3S(=O)(=O)N3CCS(=O)(=O)CC3)cc2F)cn1. The molecule has 0 unspecified atom stereocenters. The molecule has 3 aromatic rings. The Hall–Kier alpha value is -2.82. The van der Waals surface area contributed by atoms with Gasteiger partial charge in [-0.15, -0.1) is 0 Å². The monoisotopic (exact) mass is 461 g/mol. The van der Waals surface area contributed by atoms with Gasteiger partial charge < -0.3 is 5.73 Å². The molecule has 1 aliphatic rings. The van der Waals surface area contributed by atoms with Crippen LogP contribution in [0.25, 0.3) is 22.3 Å². The van der Waals surface area contributed by atoms with Crippen molar-refractivity contribution in [2.75, 3.05) is 30.3 Å². The van der Waals surface area contributed by atoms with Gasteiger partial charge in [-0.2, -0.15) is 4.31 Å². The summed E-state index contributed by atoms with van der Waals surface area (Å²) >= 11 is 0. The third kappa shape index (κ3) is 4.32. The number of pyridine rings is 1. The molecule has 2 N–H and O–H groups in total. The van der Waals surface area contributed by atoms with E-state index in [0.717, 1.165) is 4.31 Å². The predicted octanol–water partition coefficient (Wildman–Crippen LogP) is 2.56. The van der Waals surface area contributed by atoms with E-state index in [2.05, 4.69) is 4.98 Å². The molecule has 162 valence electrons. The van der Waals surface area contributed by atoms with Crippen LogP contribution in [0, 0.1) is 5.82 Å². The average Bonchev–Trinajstić information content (AvgIpc) is 2.74. The van der Waals surface area contributed by atoms with E-state index < -0.39 is 25.7 Å². The van der Waals surface area contributed by atoms with Crippen LogP contribution in [0.4, 0.5) is 10.2 Å². The standard InChI is InChI=1S/C21H20FN3O4S2/c22-19-13-15(5-7-17(19)16-6-8-21(23)24-14-16)18-3-1-2-4-20(18)31(28,29)25-9-11-30(26,27)12-10-25/h1-8,13-14H,9-12H2,(H2,23,24). The number of sulfonamides is 1. The number of benzene rings is 2. The maximum atomic E-state index is 14.9. The molecule has 2 aromatic carbocycles. The van der Waals surface area contributed by atoms with Crippen molar-refractivity contribution in [1.29, 1.82) is 0 Å². The van der Waals surface area contributed by atoms with Crippen molar-refractivity contribution >= 4 is 25.7 Å². The number of rotatable bonds is 4. The van der Waals surface area contributed by atoms with Crippen LogP contribution in [0.15, 0.2) is 65.7 Å². The molecular formula is C21H20FN3O4S2. The molecule has 1 aliphatic heterocycles. The molecule has 31 heavy (non-hydrogen) atoms. The molecule has 0 saturated carbocycles. The summed E-state index contributed by atoms with van der Waals surface area (Å²) in [5.41, 5.74) is 7.19. The maximum absolute atomic E-state index is 14.9. The molecule has 0 atom stereocenters. The zero-order valence-corrected chi connectivity index (χ0v) is 18.0. The highest BCUT2D eigenvalue weighted by Crippen LogP contribution is 2.33. The molecule has 0 radical (unpaired) electrons. The Bertz CT molecular complexity index is 1330. The van der Waals surface area contributed by atoms with Crippen LogP contribution < -0.4 is 5.73 Å². The Morgan fingerprint density at radius 2 is 1.61 bits per heavy atom. The van der Waals surface area contributed by atoms with Crippen LogP contribution in [0.2, 0.25) is 0 Å². The molecule has 1 saturated heterocycles. The number of hydrogen-bond acceptors (Lipinski definition) is 6. The highest BCUT2D eigenvalue weighted by molar-refractivity contribution is 7.92. The van der Waals surface area contributed by atoms with Crippen molar-refractivity contribution in [3.8, 4) is 22.3 Å². The summed E-state index contributed by atoms with van der Waals surface area (Å²) in [5, 5.41) is 0. The minimum absolute atomic E-state index is 0.00981. The Balaban J connectivity index is 1.72. The summed E-state index contributed by atoms with van der Waals surface area (Å²) in [5.74, 6) is -0.633. The van der Waals surface area contributed by atoms with Gasteiger partial charge in [-0.3, -0.25) is 0 Å². The number of sulfone groups is 1. The summed E-state index contributed by atoms with van der Waals surface area (Å²) in [7, 11) is -7.18. The van der Waals surface area contributed by atoms with Crippen molar-refractivity contribution in [3.05, 3.63) is 66.6 Å². The highest BCUT2D eigenvalue weighted by atomic mass is 32.2. The van der Waals surface area contributed by atoms with E-state index in [1.807, 2.05) is 0 Å². The fourth-order valence-electron chi connectivity index (χ4n) is 3.49. The van der Waals surface area contributed by atoms with Crippen molar-refractivity contribution in [2.45, 2.75) is 4.90 Å². The lowest BCUT2D eigenvalue weighted by atomic mass is 10.0. The number of aromatic nitrogens is 1. The van der Waals surface area contributed by atoms with Crippen LogP contribution in [-0.2, 0) is 19.9 Å². The van der Waals surface area contributed by atoms with Gasteiger partial charge in [-0.25, -0.2) is 26.2 Å². The Morgan fingerprint density at radius 1 is 0.935 bits per heavy atom. The van der Waals surface area contributed by atoms with Gasteiger partial charge in [0.1, 0.15) is 11.6 Å². The number of hydrogen-bond donors (Lipinski definition) is 1. The summed E-state index contributed by atoms with van der Waals surface area (Å²) in [6.07, 6.45) is 1.47. The zero-order valence-electron chi connectivity index (χ0n) is 16.4. The lowest BCUT2D eigenvalue weighted by Gasteiger charge is -2.27. The Morgan fingerprint density at radius 3 is 2.26 bits per heavy atom. The molecule has 0 amide bonds. The summed E-state index contributed by atoms with van der Waals surface area (Å²) < 4.78 is 65.9. The van der Waals surface area contributed by atoms with E-state index in [9.17, 15) is 21.2 Å². The fourth-order valence-corrected chi connectivity index (χ4v) is 6.57. The van der Waals surface area contributed by atoms with Crippen molar-refractivity contribution in [3.63, 3.8) is 0 Å². The van der Waals surface area contributed by atoms with E-state index in [4.69, 9.17) is 5.73 Å². The number of halogens is 1. The minimum Gasteiger partial charge on any atom is -0.384 e. The van der Waals surface area contributed by atoms with Gasteiger partial charge in [-0.05, 0) is 29.8 Å². The molecule has 2 heterocycles. The summed E-state index contributed by atoms with van der Waals surface area (Å²) in [4.78, 5) is 3.98. The fraction of sp³-hybridized carbons (Fsp3) is 0.190. The van der Waals surface area contributed by atoms with Gasteiger partial charge >= 0.3 is 0 Å². The quantitative estimate of drug-likeness (QED) is 0.639. The highest BCUT2D eigenvalue weighted by Gasteiger charge is 2.32. The number of nitrogen functional groups attached to an aromatic ring is 1. The number of nitrogens with zero attached hydrogens (tertiary/aromatic N) is 2. The first kappa shape index (κ1) is 21.4. The first-order valence-corrected chi connectivity index (χ1v) is 12.7. The van der Waals surface area contributed by atoms with E-state index >= 15 is 0 Å². The van der Waals surface area contributed by atoms with Gasteiger partial charge in [0.25, 0.3) is 0 Å². The first-order chi connectivity index (χ1) is 14.7. The normalized spacial score (nSPS) is 16.8. The lowest BCUT2D eigenvalue weighted by Crippen LogP contribution is -2.43. The van der Waals surface area contributed by atoms with Gasteiger partial charge in [0.15, 0.2) is 9.84 Å². The molecule has 7 nitrogen and oxygen atoms in total. The van der Waals surface area contributed by atoms with Crippen LogP contribution >= 0.6 is 0 Å². The second-order valence-electron chi connectivity index (χ2n) is 7.22. The van der Waals surface area contributed by atoms with Crippen LogP contribution in [0.1, 0.15) is 0 Å². The van der Waals surface area contributed by atoms with Crippen LogP contribution in [0.3, 0.4) is 0 Å². The molecule has 0 aliphatic carbocycles. The van der Waals surface area contributed by atoms with Crippen molar-refractivity contribution in [2.24, 2.45) is 0 Å². The van der Waals surface area contributed by atoms with E-state index in [0.29, 0.717) is 28.1 Å². The summed E-state index contributed by atoms with van der Waals surface area (Å²) in [6.45, 7) is -0.202. The molecule has 4 rings (SSSR count). The molecule has 10 heteroatoms. The Kier molecular flexibility index (Phi) is 5.54. The third-order valence-electron chi connectivity index (χ3n) is 5.19. The van der Waals surface area contributed by atoms with Gasteiger partial charge in [0.05, 0.1) is 16.4 Å². The third-order valence-corrected chi connectivity index (χ3v) is 8.75. The van der Waals surface area contributed by atoms with E-state index in [1.165, 1.54) is 18.3 Å². The molecule has 1 fully saturated rings. The van der Waals surface area contributed by atoms with E-state index in [-0.39, 0.29) is 29.5 Å². The van der Waals surface area contributed by atoms with E-state index in [1.54, 1.807) is 42.5 Å². The van der Waals surface area contributed by atoms with Gasteiger partial charge in [0, 0.05) is 36.0 Å². The minimum atomic E-state index is -3.95. The van der Waals surface area contributed by atoms with Crippen molar-refractivity contribution in [1.82, 2.24) is 9.29 Å². The summed E-state index contributed by atoms with van der Waals surface area (Å²) in [6, 6.07) is 14.0. The molecule has 0 bridgehead atoms. The zero-order chi connectivity index (χ0) is 22.2. The lowest BCUT2D eigenvalue weighted by molar-refractivity contribution is 0.431. The molecule has 1 aromatic heterocycles. The predicted molar refractivity (Wildman–Crippen MR) is 117 cm³/mol. The number of nitrogens with two attached hydrogens (primary N) is 1. The molecule has 0 spiro atoms.